The zero-order valence-corrected chi connectivity index (χ0v) is 20.1. The zero-order valence-electron chi connectivity index (χ0n) is 20.1. The fourth-order valence-electron chi connectivity index (χ4n) is 4.34. The molecule has 5 heteroatoms. The number of pyridine rings is 1. The number of hydrogen-bond acceptors (Lipinski definition) is 5. The van der Waals surface area contributed by atoms with Crippen molar-refractivity contribution in [2.45, 2.75) is 52.9 Å². The number of allylic oxidation sites excluding steroid dienone is 3. The summed E-state index contributed by atoms with van der Waals surface area (Å²) in [6.45, 7) is 14.3. The molecule has 0 bridgehead atoms. The predicted octanol–water partition coefficient (Wildman–Crippen LogP) is 5.41. The van der Waals surface area contributed by atoms with Crippen molar-refractivity contribution < 1.29 is 0 Å². The van der Waals surface area contributed by atoms with Crippen molar-refractivity contribution in [2.75, 3.05) is 14.1 Å². The minimum Gasteiger partial charge on any atom is -0.393 e. The molecule has 0 saturated heterocycles. The van der Waals surface area contributed by atoms with Crippen LogP contribution < -0.4 is 11.2 Å². The molecular formula is C26H37N5. The molecule has 166 valence electrons. The summed E-state index contributed by atoms with van der Waals surface area (Å²) in [7, 11) is 3.76. The van der Waals surface area contributed by atoms with E-state index in [1.165, 1.54) is 5.57 Å². The molecule has 0 aliphatic rings. The predicted molar refractivity (Wildman–Crippen MR) is 133 cm³/mol. The molecule has 5 nitrogen and oxygen atoms in total. The van der Waals surface area contributed by atoms with E-state index < -0.39 is 5.41 Å². The van der Waals surface area contributed by atoms with Gasteiger partial charge >= 0.3 is 0 Å². The average molecular weight is 420 g/mol. The smallest absolute Gasteiger partial charge is 0.0697 e. The summed E-state index contributed by atoms with van der Waals surface area (Å²) in [5.41, 5.74) is 7.90. The van der Waals surface area contributed by atoms with Gasteiger partial charge in [-0.05, 0) is 75.7 Å². The molecule has 0 fully saturated rings. The van der Waals surface area contributed by atoms with E-state index >= 15 is 0 Å². The number of rotatable bonds is 9. The lowest BCUT2D eigenvalue weighted by Gasteiger charge is -2.38. The SMILES string of the molecule is C=Nc1ccc(C(C)(/C(=C/NC)N(C)N)c2ccc(C)nc2C)cc1/C(=C\C)CCC. The lowest BCUT2D eigenvalue weighted by Crippen LogP contribution is -2.40. The van der Waals surface area contributed by atoms with Crippen molar-refractivity contribution >= 4 is 18.0 Å². The number of aliphatic imine (C=N–C) groups is 1. The Bertz CT molecular complexity index is 987. The van der Waals surface area contributed by atoms with Crippen LogP contribution in [0.25, 0.3) is 5.57 Å². The van der Waals surface area contributed by atoms with E-state index in [1.54, 1.807) is 5.01 Å². The largest absolute Gasteiger partial charge is 0.393 e. The summed E-state index contributed by atoms with van der Waals surface area (Å²) in [5.74, 6) is 6.36. The third kappa shape index (κ3) is 4.88. The van der Waals surface area contributed by atoms with Crippen LogP contribution in [0, 0.1) is 13.8 Å². The summed E-state index contributed by atoms with van der Waals surface area (Å²) in [4.78, 5) is 9.05. The standard InChI is InChI=1S/C26H37N5/c1-9-11-20(10-2)22-16-21(13-15-24(22)29-7)26(5,25(17-28-6)31(8)27)23-14-12-18(3)30-19(23)4/h10,12-17,28H,7,9,11,27H2,1-6,8H3/b20-10-,25-17-. The number of hydrazine groups is 1. The van der Waals surface area contributed by atoms with E-state index in [1.807, 2.05) is 27.2 Å². The van der Waals surface area contributed by atoms with Gasteiger partial charge in [-0.3, -0.25) is 9.98 Å². The summed E-state index contributed by atoms with van der Waals surface area (Å²) in [6.07, 6.45) is 6.18. The summed E-state index contributed by atoms with van der Waals surface area (Å²) < 4.78 is 0. The van der Waals surface area contributed by atoms with E-state index in [2.05, 4.69) is 81.1 Å². The fourth-order valence-corrected chi connectivity index (χ4v) is 4.34. The van der Waals surface area contributed by atoms with Crippen LogP contribution in [0.15, 0.2) is 53.3 Å². The second-order valence-corrected chi connectivity index (χ2v) is 8.09. The van der Waals surface area contributed by atoms with Gasteiger partial charge in [-0.2, -0.15) is 0 Å². The van der Waals surface area contributed by atoms with E-state index in [0.29, 0.717) is 0 Å². The molecule has 1 heterocycles. The summed E-state index contributed by atoms with van der Waals surface area (Å²) in [6, 6.07) is 10.6. The molecule has 31 heavy (non-hydrogen) atoms. The number of hydrogen-bond donors (Lipinski definition) is 2. The normalized spacial score (nSPS) is 14.2. The van der Waals surface area contributed by atoms with Gasteiger partial charge in [-0.1, -0.05) is 31.6 Å². The Hall–Kier alpha value is -2.92. The second-order valence-electron chi connectivity index (χ2n) is 8.09. The zero-order chi connectivity index (χ0) is 23.2. The number of likely N-dealkylation sites (N-methyl/N-ethyl adjacent to an activating group) is 1. The van der Waals surface area contributed by atoms with Crippen LogP contribution in [0.5, 0.6) is 0 Å². The van der Waals surface area contributed by atoms with Gasteiger partial charge in [-0.15, -0.1) is 0 Å². The van der Waals surface area contributed by atoms with Crippen LogP contribution in [0.2, 0.25) is 0 Å². The van der Waals surface area contributed by atoms with Gasteiger partial charge in [0.1, 0.15) is 0 Å². The van der Waals surface area contributed by atoms with Crippen molar-refractivity contribution in [3.63, 3.8) is 0 Å². The first-order chi connectivity index (χ1) is 14.7. The topological polar surface area (TPSA) is 66.5 Å². The molecule has 0 amide bonds. The molecule has 0 saturated carbocycles. The maximum Gasteiger partial charge on any atom is 0.0697 e. The lowest BCUT2D eigenvalue weighted by molar-refractivity contribution is 0.370. The fraction of sp³-hybridized carbons (Fsp3) is 0.385. The second kappa shape index (κ2) is 10.4. The highest BCUT2D eigenvalue weighted by Gasteiger charge is 2.37. The highest BCUT2D eigenvalue weighted by molar-refractivity contribution is 5.77. The Labute approximate surface area is 187 Å². The Morgan fingerprint density at radius 3 is 2.52 bits per heavy atom. The van der Waals surface area contributed by atoms with Crippen molar-refractivity contribution in [1.82, 2.24) is 15.3 Å². The van der Waals surface area contributed by atoms with Crippen molar-refractivity contribution in [3.8, 4) is 0 Å². The Balaban J connectivity index is 2.90. The molecule has 3 N–H and O–H groups in total. The van der Waals surface area contributed by atoms with Crippen molar-refractivity contribution in [2.24, 2.45) is 10.8 Å². The van der Waals surface area contributed by atoms with E-state index in [-0.39, 0.29) is 0 Å². The van der Waals surface area contributed by atoms with Crippen LogP contribution in [0.4, 0.5) is 5.69 Å². The van der Waals surface area contributed by atoms with E-state index in [0.717, 1.165) is 52.3 Å². The van der Waals surface area contributed by atoms with Crippen LogP contribution in [0.3, 0.4) is 0 Å². The van der Waals surface area contributed by atoms with Crippen LogP contribution in [0.1, 0.15) is 61.7 Å². The van der Waals surface area contributed by atoms with Gasteiger partial charge in [0.25, 0.3) is 0 Å². The Morgan fingerprint density at radius 1 is 1.29 bits per heavy atom. The van der Waals surface area contributed by atoms with E-state index in [9.17, 15) is 0 Å². The number of nitrogens with one attached hydrogen (secondary N) is 1. The first-order valence-electron chi connectivity index (χ1n) is 10.8. The molecule has 0 aliphatic heterocycles. The minimum atomic E-state index is -0.531. The van der Waals surface area contributed by atoms with Gasteiger partial charge in [0.15, 0.2) is 0 Å². The highest BCUT2D eigenvalue weighted by atomic mass is 15.4. The molecule has 0 spiro atoms. The minimum absolute atomic E-state index is 0.531. The highest BCUT2D eigenvalue weighted by Crippen LogP contribution is 2.43. The third-order valence-corrected chi connectivity index (χ3v) is 5.90. The number of benzene rings is 1. The van der Waals surface area contributed by atoms with Crippen LogP contribution in [-0.4, -0.2) is 30.8 Å². The number of aromatic nitrogens is 1. The maximum atomic E-state index is 6.36. The Kier molecular flexibility index (Phi) is 8.17. The quantitative estimate of drug-likeness (QED) is 0.324. The van der Waals surface area contributed by atoms with Gasteiger partial charge in [0, 0.05) is 37.2 Å². The molecule has 0 radical (unpaired) electrons. The number of nitrogens with zero attached hydrogens (tertiary/aromatic N) is 3. The number of aryl methyl sites for hydroxylation is 2. The van der Waals surface area contributed by atoms with Gasteiger partial charge in [-0.25, -0.2) is 5.84 Å². The van der Waals surface area contributed by atoms with Gasteiger partial charge < -0.3 is 10.3 Å². The number of nitrogens with two attached hydrogens (primary N) is 1. The van der Waals surface area contributed by atoms with Gasteiger partial charge in [0.05, 0.1) is 16.8 Å². The molecule has 1 unspecified atom stereocenters. The molecule has 2 aromatic rings. The molecule has 1 aromatic carbocycles. The monoisotopic (exact) mass is 419 g/mol. The first-order valence-corrected chi connectivity index (χ1v) is 10.8. The van der Waals surface area contributed by atoms with Gasteiger partial charge in [0.2, 0.25) is 0 Å². The summed E-state index contributed by atoms with van der Waals surface area (Å²) >= 11 is 0. The Morgan fingerprint density at radius 2 is 2.00 bits per heavy atom. The van der Waals surface area contributed by atoms with Crippen LogP contribution >= 0.6 is 0 Å². The third-order valence-electron chi connectivity index (χ3n) is 5.90. The molecule has 1 aromatic heterocycles. The average Bonchev–Trinajstić information content (AvgIpc) is 2.74. The van der Waals surface area contributed by atoms with Crippen molar-refractivity contribution in [1.29, 1.82) is 0 Å². The lowest BCUT2D eigenvalue weighted by atomic mass is 9.72. The van der Waals surface area contributed by atoms with Crippen molar-refractivity contribution in [3.05, 3.63) is 76.4 Å². The molecule has 0 aliphatic carbocycles. The molecular weight excluding hydrogens is 382 g/mol. The van der Waals surface area contributed by atoms with E-state index in [4.69, 9.17) is 10.8 Å². The maximum absolute atomic E-state index is 6.36. The van der Waals surface area contributed by atoms with Crippen LogP contribution in [-0.2, 0) is 5.41 Å². The first kappa shape index (κ1) is 24.4. The molecule has 1 atom stereocenters. The molecule has 2 rings (SSSR count). The summed E-state index contributed by atoms with van der Waals surface area (Å²) in [5, 5.41) is 4.85.